The number of likely N-dealkylation sites (tertiary alicyclic amines) is 1. The average Bonchev–Trinajstić information content (AvgIpc) is 3.79. The zero-order valence-corrected chi connectivity index (χ0v) is 42.4. The van der Waals surface area contributed by atoms with Crippen LogP contribution in [-0.2, 0) is 47.9 Å². The second kappa shape index (κ2) is 31.9. The highest BCUT2D eigenvalue weighted by Crippen LogP contribution is 2.20. The van der Waals surface area contributed by atoms with Crippen molar-refractivity contribution in [1.82, 2.24) is 52.3 Å². The van der Waals surface area contributed by atoms with E-state index in [0.29, 0.717) is 45.2 Å². The van der Waals surface area contributed by atoms with Crippen molar-refractivity contribution in [1.29, 1.82) is 0 Å². The molecule has 1 saturated heterocycles. The van der Waals surface area contributed by atoms with Crippen molar-refractivity contribution in [2.75, 3.05) is 46.4 Å². The van der Waals surface area contributed by atoms with Gasteiger partial charge in [-0.25, -0.2) is 0 Å². The monoisotopic (exact) mass is 996 g/mol. The fourth-order valence-corrected chi connectivity index (χ4v) is 7.43. The topological polar surface area (TPSA) is 378 Å². The summed E-state index contributed by atoms with van der Waals surface area (Å²) in [5.74, 6) is -7.62. The average molecular weight is 996 g/mol. The van der Waals surface area contributed by atoms with Crippen molar-refractivity contribution < 1.29 is 58.2 Å². The predicted molar refractivity (Wildman–Crippen MR) is 258 cm³/mol. The van der Waals surface area contributed by atoms with Crippen LogP contribution in [0.3, 0.4) is 0 Å². The summed E-state index contributed by atoms with van der Waals surface area (Å²) in [6.07, 6.45) is 0.496. The summed E-state index contributed by atoms with van der Waals surface area (Å²) in [7, 11) is 1.40. The quantitative estimate of drug-likeness (QED) is 0.0181. The molecule has 25 heteroatoms. The first-order valence-corrected chi connectivity index (χ1v) is 24.1. The maximum atomic E-state index is 14.1. The number of nitrogens with one attached hydrogen (secondary N) is 8. The highest BCUT2D eigenvalue weighted by atomic mass is 16.3. The molecule has 0 bridgehead atoms. The van der Waals surface area contributed by atoms with Gasteiger partial charge >= 0.3 is 0 Å². The van der Waals surface area contributed by atoms with Crippen LogP contribution < -0.4 is 54.0 Å². The molecule has 0 saturated carbocycles. The lowest BCUT2D eigenvalue weighted by molar-refractivity contribution is -0.142. The Labute approximate surface area is 410 Å². The summed E-state index contributed by atoms with van der Waals surface area (Å²) in [6, 6.07) is -8.66. The molecule has 0 aliphatic carbocycles. The number of rotatable bonds is 31. The molecule has 0 spiro atoms. The number of carbonyl (C=O) groups excluding carboxylic acids is 10. The van der Waals surface area contributed by atoms with Gasteiger partial charge in [-0.15, -0.1) is 0 Å². The third-order valence-corrected chi connectivity index (χ3v) is 11.6. The number of nitrogens with zero attached hydrogens (tertiary/aromatic N) is 3. The number of amides is 10. The van der Waals surface area contributed by atoms with Gasteiger partial charge in [0.25, 0.3) is 0 Å². The molecule has 10 amide bonds. The van der Waals surface area contributed by atoms with E-state index in [0.717, 1.165) is 4.90 Å². The molecular weight excluding hydrogens is 915 g/mol. The van der Waals surface area contributed by atoms with E-state index in [-0.39, 0.29) is 62.5 Å². The van der Waals surface area contributed by atoms with Gasteiger partial charge in [-0.3, -0.25) is 52.9 Å². The van der Waals surface area contributed by atoms with Crippen LogP contribution >= 0.6 is 0 Å². The Balaban J connectivity index is 3.29. The number of guanidine groups is 1. The van der Waals surface area contributed by atoms with Crippen molar-refractivity contribution in [2.24, 2.45) is 28.3 Å². The van der Waals surface area contributed by atoms with Gasteiger partial charge in [0.15, 0.2) is 5.96 Å². The van der Waals surface area contributed by atoms with Gasteiger partial charge in [-0.05, 0) is 70.6 Å². The van der Waals surface area contributed by atoms with Crippen LogP contribution in [0.2, 0.25) is 0 Å². The molecule has 0 aromatic carbocycles. The molecule has 0 aromatic rings. The first-order chi connectivity index (χ1) is 32.9. The predicted octanol–water partition coefficient (Wildman–Crippen LogP) is -3.67. The Hall–Kier alpha value is -6.11. The summed E-state index contributed by atoms with van der Waals surface area (Å²) >= 11 is 0. The maximum absolute atomic E-state index is 14.1. The molecule has 70 heavy (non-hydrogen) atoms. The number of aliphatic imine (C=N–C) groups is 1. The van der Waals surface area contributed by atoms with Crippen molar-refractivity contribution in [3.63, 3.8) is 0 Å². The van der Waals surface area contributed by atoms with Gasteiger partial charge in [0.2, 0.25) is 59.1 Å². The molecule has 1 aliphatic rings. The second-order valence-corrected chi connectivity index (χ2v) is 18.0. The molecule has 1 heterocycles. The van der Waals surface area contributed by atoms with Crippen LogP contribution in [0.1, 0.15) is 113 Å². The minimum Gasteiger partial charge on any atom is -0.396 e. The van der Waals surface area contributed by atoms with Crippen LogP contribution in [0, 0.1) is 11.8 Å². The van der Waals surface area contributed by atoms with E-state index in [2.05, 4.69) is 47.5 Å². The van der Waals surface area contributed by atoms with Gasteiger partial charge in [-0.2, -0.15) is 0 Å². The van der Waals surface area contributed by atoms with E-state index in [9.17, 15) is 58.2 Å². The van der Waals surface area contributed by atoms with Crippen molar-refractivity contribution in [2.45, 2.75) is 162 Å². The number of aliphatic hydroxyl groups excluding tert-OH is 2. The van der Waals surface area contributed by atoms with Crippen molar-refractivity contribution in [3.8, 4) is 0 Å². The Bertz CT molecular complexity index is 1810. The number of nitrogens with two attached hydrogens (primary N) is 2. The SMILES string of the molecule is CCC[C@H](NC(=O)[C@@H](NC(=O)[C@@H](CC(C)C)NC(=O)[C@H](CCO)NC(=O)CNC(=O)CN(C)C(C)=O)[C@@H](C)O)C(=O)N[C@H](C(=O)N[C@@H](CCCN=C(N)N)C(=O)N1CCC[C@H]1C(=O)NCC)[C@@H](C)CC. The number of aliphatic hydroxyl groups is 2. The molecule has 0 radical (unpaired) electrons. The van der Waals surface area contributed by atoms with E-state index < -0.39 is 115 Å². The van der Waals surface area contributed by atoms with Gasteiger partial charge in [-0.1, -0.05) is 47.5 Å². The molecule has 0 aromatic heterocycles. The first-order valence-electron chi connectivity index (χ1n) is 24.1. The molecule has 25 nitrogen and oxygen atoms in total. The summed E-state index contributed by atoms with van der Waals surface area (Å²) in [5, 5.41) is 41.0. The van der Waals surface area contributed by atoms with E-state index in [1.165, 1.54) is 25.8 Å². The van der Waals surface area contributed by atoms with E-state index in [4.69, 9.17) is 11.5 Å². The largest absolute Gasteiger partial charge is 0.396 e. The molecular formula is C45H81N13O12. The van der Waals surface area contributed by atoms with Crippen LogP contribution in [0.25, 0.3) is 0 Å². The van der Waals surface area contributed by atoms with Crippen LogP contribution in [0.5, 0.6) is 0 Å². The van der Waals surface area contributed by atoms with E-state index >= 15 is 0 Å². The van der Waals surface area contributed by atoms with Crippen molar-refractivity contribution in [3.05, 3.63) is 0 Å². The number of carbonyl (C=O) groups is 10. The smallest absolute Gasteiger partial charge is 0.245 e. The van der Waals surface area contributed by atoms with Gasteiger partial charge in [0.05, 0.1) is 19.2 Å². The van der Waals surface area contributed by atoms with Crippen molar-refractivity contribution >= 4 is 65.0 Å². The summed E-state index contributed by atoms with van der Waals surface area (Å²) in [4.78, 5) is 139. The van der Waals surface area contributed by atoms with Gasteiger partial charge in [0.1, 0.15) is 42.3 Å². The lowest BCUT2D eigenvalue weighted by atomic mass is 9.96. The molecule has 1 rings (SSSR count). The fraction of sp³-hybridized carbons (Fsp3) is 0.756. The minimum absolute atomic E-state index is 0.0285. The number of likely N-dealkylation sites (N-methyl/N-ethyl adjacent to an activating group) is 2. The highest BCUT2D eigenvalue weighted by Gasteiger charge is 2.40. The summed E-state index contributed by atoms with van der Waals surface area (Å²) in [6.45, 7) is 12.5. The maximum Gasteiger partial charge on any atom is 0.245 e. The zero-order valence-electron chi connectivity index (χ0n) is 42.4. The van der Waals surface area contributed by atoms with Crippen LogP contribution in [0.4, 0.5) is 0 Å². The number of hydrogen-bond donors (Lipinski definition) is 12. The first kappa shape index (κ1) is 61.9. The van der Waals surface area contributed by atoms with Gasteiger partial charge < -0.3 is 74.0 Å². The van der Waals surface area contributed by atoms with Crippen LogP contribution in [-0.4, -0.2) is 180 Å². The van der Waals surface area contributed by atoms with Gasteiger partial charge in [0, 0.05) is 40.2 Å². The van der Waals surface area contributed by atoms with E-state index in [1.807, 2.05) is 0 Å². The molecule has 1 fully saturated rings. The number of hydrogen-bond acceptors (Lipinski definition) is 13. The molecule has 1 aliphatic heterocycles. The molecule has 398 valence electrons. The highest BCUT2D eigenvalue weighted by molar-refractivity contribution is 5.98. The Morgan fingerprint density at radius 3 is 1.86 bits per heavy atom. The Morgan fingerprint density at radius 1 is 0.729 bits per heavy atom. The van der Waals surface area contributed by atoms with Crippen LogP contribution in [0.15, 0.2) is 4.99 Å². The molecule has 9 atom stereocenters. The normalized spacial score (nSPS) is 16.6. The third-order valence-electron chi connectivity index (χ3n) is 11.6. The Morgan fingerprint density at radius 2 is 1.30 bits per heavy atom. The molecule has 0 unspecified atom stereocenters. The minimum atomic E-state index is -1.65. The molecule has 14 N–H and O–H groups in total. The fourth-order valence-electron chi connectivity index (χ4n) is 7.43. The standard InChI is InChI=1S/C45H81N13O12/c1-10-15-29(39(65)55-36(26(6)11-2)42(68)53-31(16-13-19-49-45(46)47)44(70)58-20-14-17-33(58)41(67)48-12-3)52-43(69)37(27(7)60)56-40(66)32(22-25(4)5)54-38(64)30(18-21-59)51-34(62)23-50-35(63)24-57(9)28(8)61/h25-27,29-33,36-37,59-60H,10-24H2,1-9H3,(H,48,67)(H,50,63)(H,51,62)(H,52,69)(H,53,68)(H,54,64)(H,55,65)(H,56,66)(H4,46,47,49)/t26-,27+,29-,30-,31-,32+,33-,36-,37-/m0/s1. The van der Waals surface area contributed by atoms with E-state index in [1.54, 1.807) is 41.5 Å². The Kier molecular flexibility index (Phi) is 28.2. The summed E-state index contributed by atoms with van der Waals surface area (Å²) < 4.78 is 0. The summed E-state index contributed by atoms with van der Waals surface area (Å²) in [5.41, 5.74) is 11.0. The zero-order chi connectivity index (χ0) is 53.2. The third kappa shape index (κ3) is 21.7. The lowest BCUT2D eigenvalue weighted by Gasteiger charge is -2.31. The lowest BCUT2D eigenvalue weighted by Crippen LogP contribution is -2.62. The second-order valence-electron chi connectivity index (χ2n) is 18.0.